The lowest BCUT2D eigenvalue weighted by Gasteiger charge is -2.17. The molecule has 1 heterocycles. The first-order valence-electron chi connectivity index (χ1n) is 10.3. The van der Waals surface area contributed by atoms with Crippen LogP contribution in [0.25, 0.3) is 11.0 Å². The number of nitrogens with zero attached hydrogens (tertiary/aromatic N) is 1. The van der Waals surface area contributed by atoms with Gasteiger partial charge in [0.05, 0.1) is 30.8 Å². The summed E-state index contributed by atoms with van der Waals surface area (Å²) in [6.45, 7) is 4.64. The average Bonchev–Trinajstić information content (AvgIpc) is 3.06. The Morgan fingerprint density at radius 2 is 1.97 bits per heavy atom. The molecule has 7 nitrogen and oxygen atoms in total. The first kappa shape index (κ1) is 21.5. The molecule has 0 aliphatic heterocycles. The predicted octanol–water partition coefficient (Wildman–Crippen LogP) is 3.78. The Morgan fingerprint density at radius 3 is 2.73 bits per heavy atom. The van der Waals surface area contributed by atoms with Crippen LogP contribution in [0.15, 0.2) is 47.3 Å². The van der Waals surface area contributed by atoms with Crippen LogP contribution < -0.4 is 20.5 Å². The first-order valence-corrected chi connectivity index (χ1v) is 10.3. The molecule has 0 aliphatic rings. The number of nitrogens with one attached hydrogen (secondary N) is 2. The van der Waals surface area contributed by atoms with Gasteiger partial charge in [-0.25, -0.2) is 4.79 Å². The van der Waals surface area contributed by atoms with Crippen LogP contribution in [0.2, 0.25) is 0 Å². The van der Waals surface area contributed by atoms with Crippen LogP contribution in [-0.4, -0.2) is 29.2 Å². The Bertz CT molecular complexity index is 1050. The maximum absolute atomic E-state index is 12.6. The van der Waals surface area contributed by atoms with Crippen LogP contribution in [-0.2, 0) is 11.3 Å². The van der Waals surface area contributed by atoms with Gasteiger partial charge in [-0.15, -0.1) is 0 Å². The van der Waals surface area contributed by atoms with E-state index < -0.39 is 0 Å². The van der Waals surface area contributed by atoms with Crippen molar-refractivity contribution in [3.05, 3.63) is 58.5 Å². The lowest BCUT2D eigenvalue weighted by atomic mass is 10.1. The van der Waals surface area contributed by atoms with E-state index in [9.17, 15) is 9.59 Å². The molecule has 0 aliphatic carbocycles. The monoisotopic (exact) mass is 411 g/mol. The van der Waals surface area contributed by atoms with Crippen LogP contribution in [0.5, 0.6) is 11.5 Å². The smallest absolute Gasteiger partial charge is 0.326 e. The number of aromatic amines is 1. The number of methoxy groups -OCH3 is 1. The number of para-hydroxylation sites is 2. The molecule has 0 radical (unpaired) electrons. The molecule has 0 saturated heterocycles. The highest BCUT2D eigenvalue weighted by molar-refractivity contribution is 5.80. The van der Waals surface area contributed by atoms with Crippen molar-refractivity contribution in [2.75, 3.05) is 13.7 Å². The van der Waals surface area contributed by atoms with Crippen LogP contribution in [0, 0.1) is 0 Å². The minimum atomic E-state index is -0.301. The summed E-state index contributed by atoms with van der Waals surface area (Å²) in [5.74, 6) is 1.09. The summed E-state index contributed by atoms with van der Waals surface area (Å²) in [7, 11) is 1.60. The van der Waals surface area contributed by atoms with Crippen molar-refractivity contribution in [3.63, 3.8) is 0 Å². The summed E-state index contributed by atoms with van der Waals surface area (Å²) in [4.78, 5) is 27.5. The number of amides is 1. The second-order valence-electron chi connectivity index (χ2n) is 7.29. The quantitative estimate of drug-likeness (QED) is 0.497. The molecule has 0 bridgehead atoms. The van der Waals surface area contributed by atoms with Gasteiger partial charge in [0.2, 0.25) is 5.91 Å². The number of aromatic nitrogens is 2. The predicted molar refractivity (Wildman–Crippen MR) is 117 cm³/mol. The van der Waals surface area contributed by atoms with Crippen LogP contribution in [0.4, 0.5) is 0 Å². The van der Waals surface area contributed by atoms with Gasteiger partial charge in [0.1, 0.15) is 6.54 Å². The van der Waals surface area contributed by atoms with Gasteiger partial charge in [-0.2, -0.15) is 0 Å². The normalized spacial score (nSPS) is 12.0. The van der Waals surface area contributed by atoms with Crippen molar-refractivity contribution in [2.45, 2.75) is 45.7 Å². The second-order valence-corrected chi connectivity index (χ2v) is 7.29. The van der Waals surface area contributed by atoms with E-state index in [1.165, 1.54) is 4.57 Å². The molecule has 30 heavy (non-hydrogen) atoms. The van der Waals surface area contributed by atoms with E-state index in [0.29, 0.717) is 29.1 Å². The van der Waals surface area contributed by atoms with Gasteiger partial charge in [0.25, 0.3) is 0 Å². The number of imidazole rings is 1. The van der Waals surface area contributed by atoms with Gasteiger partial charge < -0.3 is 19.8 Å². The third-order valence-electron chi connectivity index (χ3n) is 5.05. The number of ether oxygens (including phenoxy) is 2. The van der Waals surface area contributed by atoms with Crippen molar-refractivity contribution in [2.24, 2.45) is 0 Å². The Morgan fingerprint density at radius 1 is 1.17 bits per heavy atom. The maximum Gasteiger partial charge on any atom is 0.326 e. The highest BCUT2D eigenvalue weighted by Crippen LogP contribution is 2.30. The van der Waals surface area contributed by atoms with Crippen LogP contribution in [0.3, 0.4) is 0 Å². The summed E-state index contributed by atoms with van der Waals surface area (Å²) in [5, 5.41) is 2.95. The van der Waals surface area contributed by atoms with Crippen LogP contribution >= 0.6 is 0 Å². The number of fused-ring (bicyclic) bond motifs is 1. The number of carbonyl (C=O) groups excluding carboxylic acids is 1. The zero-order chi connectivity index (χ0) is 21.5. The lowest BCUT2D eigenvalue weighted by molar-refractivity contribution is -0.122. The fourth-order valence-corrected chi connectivity index (χ4v) is 3.38. The average molecular weight is 412 g/mol. The van der Waals surface area contributed by atoms with E-state index in [1.54, 1.807) is 7.11 Å². The Kier molecular flexibility index (Phi) is 7.17. The SMILES string of the molecule is CCCCCOc1ccc(C(C)NC(=O)Cn2c(=O)[nH]c3ccccc32)cc1OC. The molecule has 2 aromatic carbocycles. The molecule has 3 aromatic rings. The lowest BCUT2D eigenvalue weighted by Crippen LogP contribution is -2.33. The van der Waals surface area contributed by atoms with E-state index in [1.807, 2.05) is 49.4 Å². The Labute approximate surface area is 176 Å². The van der Waals surface area contributed by atoms with Crippen molar-refractivity contribution in [1.82, 2.24) is 14.9 Å². The van der Waals surface area contributed by atoms with Crippen molar-refractivity contribution < 1.29 is 14.3 Å². The van der Waals surface area contributed by atoms with E-state index in [-0.39, 0.29) is 24.2 Å². The minimum Gasteiger partial charge on any atom is -0.493 e. The van der Waals surface area contributed by atoms with Crippen molar-refractivity contribution in [1.29, 1.82) is 0 Å². The van der Waals surface area contributed by atoms with Gasteiger partial charge in [-0.05, 0) is 43.2 Å². The third kappa shape index (κ3) is 5.03. The second kappa shape index (κ2) is 10.0. The van der Waals surface area contributed by atoms with Crippen molar-refractivity contribution in [3.8, 4) is 11.5 Å². The standard InChI is InChI=1S/C23H29N3O4/c1-4-5-8-13-30-20-12-11-17(14-21(20)29-3)16(2)24-22(27)15-26-19-10-7-6-9-18(19)25-23(26)28/h6-7,9-12,14,16H,4-5,8,13,15H2,1-3H3,(H,24,27)(H,25,28). The molecule has 160 valence electrons. The van der Waals surface area contributed by atoms with Crippen LogP contribution in [0.1, 0.15) is 44.7 Å². The number of benzene rings is 2. The number of carbonyl (C=O) groups is 1. The highest BCUT2D eigenvalue weighted by atomic mass is 16.5. The largest absolute Gasteiger partial charge is 0.493 e. The van der Waals surface area contributed by atoms with E-state index >= 15 is 0 Å². The number of hydrogen-bond acceptors (Lipinski definition) is 4. The summed E-state index contributed by atoms with van der Waals surface area (Å²) in [5.41, 5.74) is 2.01. The van der Waals surface area contributed by atoms with Gasteiger partial charge >= 0.3 is 5.69 Å². The molecule has 1 amide bonds. The van der Waals surface area contributed by atoms with Gasteiger partial charge in [-0.1, -0.05) is 38.0 Å². The topological polar surface area (TPSA) is 85.4 Å². The fraction of sp³-hybridized carbons (Fsp3) is 0.391. The number of H-pyrrole nitrogens is 1. The highest BCUT2D eigenvalue weighted by Gasteiger charge is 2.15. The Hall–Kier alpha value is -3.22. The summed E-state index contributed by atoms with van der Waals surface area (Å²) < 4.78 is 12.7. The van der Waals surface area contributed by atoms with E-state index in [0.717, 1.165) is 24.8 Å². The number of rotatable bonds is 10. The number of hydrogen-bond donors (Lipinski definition) is 2. The molecule has 3 rings (SSSR count). The molecule has 0 fully saturated rings. The minimum absolute atomic E-state index is 0.0526. The fourth-order valence-electron chi connectivity index (χ4n) is 3.38. The van der Waals surface area contributed by atoms with E-state index in [4.69, 9.17) is 9.47 Å². The zero-order valence-electron chi connectivity index (χ0n) is 17.7. The first-order chi connectivity index (χ1) is 14.5. The summed E-state index contributed by atoms with van der Waals surface area (Å²) in [6.07, 6.45) is 3.27. The molecule has 0 saturated carbocycles. The third-order valence-corrected chi connectivity index (χ3v) is 5.05. The van der Waals surface area contributed by atoms with Gasteiger partial charge in [0.15, 0.2) is 11.5 Å². The maximum atomic E-state index is 12.6. The molecule has 0 spiro atoms. The molecular formula is C23H29N3O4. The summed E-state index contributed by atoms with van der Waals surface area (Å²) >= 11 is 0. The Balaban J connectivity index is 1.66. The van der Waals surface area contributed by atoms with Gasteiger partial charge in [-0.3, -0.25) is 9.36 Å². The number of unbranched alkanes of at least 4 members (excludes halogenated alkanes) is 2. The molecule has 2 N–H and O–H groups in total. The van der Waals surface area contributed by atoms with E-state index in [2.05, 4.69) is 17.2 Å². The zero-order valence-corrected chi connectivity index (χ0v) is 17.7. The molecule has 1 atom stereocenters. The molecule has 7 heteroatoms. The molecule has 1 unspecified atom stereocenters. The molecule has 1 aromatic heterocycles. The van der Waals surface area contributed by atoms with Gasteiger partial charge in [0, 0.05) is 0 Å². The van der Waals surface area contributed by atoms with Crippen molar-refractivity contribution >= 4 is 16.9 Å². The summed E-state index contributed by atoms with van der Waals surface area (Å²) in [6, 6.07) is 12.7. The molecular weight excluding hydrogens is 382 g/mol.